The lowest BCUT2D eigenvalue weighted by molar-refractivity contribution is -0.234. The summed E-state index contributed by atoms with van der Waals surface area (Å²) < 4.78 is 50.9. The van der Waals surface area contributed by atoms with Gasteiger partial charge in [-0.05, 0) is 36.8 Å². The molecule has 6 atom stereocenters. The van der Waals surface area contributed by atoms with Gasteiger partial charge in [0, 0.05) is 18.4 Å². The van der Waals surface area contributed by atoms with Gasteiger partial charge in [-0.1, -0.05) is 30.3 Å². The van der Waals surface area contributed by atoms with Gasteiger partial charge in [0.15, 0.2) is 12.3 Å². The number of phosphoric acid groups is 1. The Balaban J connectivity index is 1.46. The summed E-state index contributed by atoms with van der Waals surface area (Å²) in [5, 5.41) is 10.9. The van der Waals surface area contributed by atoms with Crippen LogP contribution in [0.4, 0.5) is 0 Å². The number of benzene rings is 2. The highest BCUT2D eigenvalue weighted by Crippen LogP contribution is 2.56. The molecule has 1 aromatic heterocycles. The van der Waals surface area contributed by atoms with Crippen molar-refractivity contribution in [1.29, 1.82) is 0 Å². The molecule has 226 valence electrons. The van der Waals surface area contributed by atoms with Crippen molar-refractivity contribution in [2.75, 3.05) is 13.2 Å². The quantitative estimate of drug-likeness (QED) is 0.209. The molecule has 15 nitrogen and oxygen atoms in total. The highest BCUT2D eigenvalue weighted by molar-refractivity contribution is 7.62. The van der Waals surface area contributed by atoms with Gasteiger partial charge >= 0.3 is 11.7 Å². The summed E-state index contributed by atoms with van der Waals surface area (Å²) in [6.45, 7) is 1.20. The normalized spacial score (nSPS) is 23.0. The van der Waals surface area contributed by atoms with E-state index in [2.05, 4.69) is 4.31 Å². The van der Waals surface area contributed by atoms with E-state index in [4.69, 9.17) is 18.7 Å². The molecule has 17 heteroatoms. The van der Waals surface area contributed by atoms with Crippen molar-refractivity contribution in [1.82, 2.24) is 9.55 Å². The number of H-pyrrole nitrogens is 1. The second kappa shape index (κ2) is 13.3. The number of aromatic amines is 1. The molecule has 1 aliphatic heterocycles. The molecule has 0 amide bonds. The van der Waals surface area contributed by atoms with Gasteiger partial charge in [0.2, 0.25) is 0 Å². The van der Waals surface area contributed by atoms with E-state index in [1.54, 1.807) is 25.1 Å². The Morgan fingerprint density at radius 3 is 2.40 bits per heavy atom. The van der Waals surface area contributed by atoms with Crippen LogP contribution in [0.2, 0.25) is 0 Å². The van der Waals surface area contributed by atoms with Crippen LogP contribution in [0.3, 0.4) is 0 Å². The van der Waals surface area contributed by atoms with Gasteiger partial charge in [0.1, 0.15) is 25.6 Å². The van der Waals surface area contributed by atoms with Crippen LogP contribution in [0.1, 0.15) is 29.1 Å². The summed E-state index contributed by atoms with van der Waals surface area (Å²) in [6.07, 6.45) is -6.15. The Morgan fingerprint density at radius 2 is 1.76 bits per heavy atom. The lowest BCUT2D eigenvalue weighted by atomic mass is 10.1. The second-order valence-corrected chi connectivity index (χ2v) is 12.3. The molecular weight excluding hydrogens is 598 g/mol. The molecule has 42 heavy (non-hydrogen) atoms. The lowest BCUT2D eigenvalue weighted by Gasteiger charge is -2.32. The molecule has 3 unspecified atom stereocenters. The first-order chi connectivity index (χ1) is 19.9. The van der Waals surface area contributed by atoms with E-state index >= 15 is 0 Å². The summed E-state index contributed by atoms with van der Waals surface area (Å²) >= 11 is 0. The molecule has 4 rings (SSSR count). The van der Waals surface area contributed by atoms with Gasteiger partial charge in [-0.15, -0.1) is 0 Å². The molecule has 0 spiro atoms. The Morgan fingerprint density at radius 1 is 1.07 bits per heavy atom. The maximum Gasteiger partial charge on any atom is 0.338 e. The highest BCUT2D eigenvalue weighted by atomic mass is 31.3. The van der Waals surface area contributed by atoms with Crippen LogP contribution < -0.4 is 25.8 Å². The van der Waals surface area contributed by atoms with Crippen LogP contribution in [0.5, 0.6) is 5.75 Å². The summed E-state index contributed by atoms with van der Waals surface area (Å²) in [7, 11) is -10.5. The van der Waals surface area contributed by atoms with Crippen molar-refractivity contribution < 1.29 is 51.9 Å². The number of aromatic nitrogens is 2. The average molecular weight is 624 g/mol. The van der Waals surface area contributed by atoms with Crippen molar-refractivity contribution in [2.45, 2.75) is 37.6 Å². The maximum atomic E-state index is 12.7. The van der Waals surface area contributed by atoms with Crippen LogP contribution in [0.25, 0.3) is 0 Å². The molecule has 2 heterocycles. The molecule has 3 aromatic rings. The van der Waals surface area contributed by atoms with E-state index < -0.39 is 69.9 Å². The Labute approximate surface area is 238 Å². The van der Waals surface area contributed by atoms with E-state index in [1.165, 1.54) is 36.4 Å². The number of hydrogen-bond donors (Lipinski definition) is 2. The topological polar surface area (TPSA) is 219 Å². The molecule has 0 aliphatic carbocycles. The zero-order valence-electron chi connectivity index (χ0n) is 22.0. The Hall–Kier alpha value is -3.39. The lowest BCUT2D eigenvalue weighted by Crippen LogP contribution is -2.40. The minimum absolute atomic E-state index is 0.105. The smallest absolute Gasteiger partial charge is 0.338 e. The van der Waals surface area contributed by atoms with E-state index in [1.807, 2.05) is 4.98 Å². The molecular formula is C25H26N2O13P2-2. The van der Waals surface area contributed by atoms with Gasteiger partial charge in [-0.25, -0.2) is 9.59 Å². The fourth-order valence-electron chi connectivity index (χ4n) is 4.05. The number of ether oxygens (including phenoxy) is 3. The largest absolute Gasteiger partial charge is 0.778 e. The first-order valence-corrected chi connectivity index (χ1v) is 15.7. The molecule has 1 saturated heterocycles. The van der Waals surface area contributed by atoms with Gasteiger partial charge in [0.05, 0.1) is 18.8 Å². The van der Waals surface area contributed by atoms with Gasteiger partial charge in [0.25, 0.3) is 13.4 Å². The third kappa shape index (κ3) is 8.12. The SMILES string of the molecule is CCOc1ccc(CP(=O)([O-])OP(=O)([O-])OC[C@H]2O[C@@H](n3ccc(=O)[nH]c3=O)C(OC(=O)c3ccccc3)[C@H]2O)cc1. The second-order valence-electron chi connectivity index (χ2n) is 8.98. The van der Waals surface area contributed by atoms with Crippen LogP contribution in [0.15, 0.2) is 76.4 Å². The molecule has 0 bridgehead atoms. The molecule has 2 aromatic carbocycles. The van der Waals surface area contributed by atoms with Crippen molar-refractivity contribution in [3.63, 3.8) is 0 Å². The number of aliphatic hydroxyl groups excluding tert-OH is 1. The fraction of sp³-hybridized carbons (Fsp3) is 0.320. The first kappa shape index (κ1) is 31.5. The molecule has 1 aliphatic rings. The van der Waals surface area contributed by atoms with Crippen molar-refractivity contribution in [2.24, 2.45) is 0 Å². The van der Waals surface area contributed by atoms with Crippen LogP contribution in [-0.4, -0.2) is 52.2 Å². The number of phosphoric ester groups is 1. The van der Waals surface area contributed by atoms with Gasteiger partial charge in [-0.2, -0.15) is 0 Å². The number of carbonyl (C=O) groups is 1. The molecule has 2 N–H and O–H groups in total. The van der Waals surface area contributed by atoms with Crippen molar-refractivity contribution in [3.8, 4) is 5.75 Å². The van der Waals surface area contributed by atoms with Crippen LogP contribution >= 0.6 is 15.4 Å². The Bertz CT molecular complexity index is 1590. The fourth-order valence-corrected chi connectivity index (χ4v) is 6.68. The summed E-state index contributed by atoms with van der Waals surface area (Å²) in [5.41, 5.74) is -1.37. The standard InChI is InChI=1S/C25H28N2O13P2/c1-2-36-18-10-8-16(9-11-18)15-41(32,33)40-42(34,35)37-14-19-21(29)22(39-24(30)17-6-4-3-5-7-17)23(38-19)27-13-12-20(28)26-25(27)31/h3-13,19,21-23,29H,2,14-15H2,1H3,(H,32,33)(H,34,35)(H,26,28,31)/p-2/t19-,21+,22?,23-/m1/s1. The predicted octanol–water partition coefficient (Wildman–Crippen LogP) is 0.674. The maximum absolute atomic E-state index is 12.7. The van der Waals surface area contributed by atoms with Crippen LogP contribution in [-0.2, 0) is 33.6 Å². The summed E-state index contributed by atoms with van der Waals surface area (Å²) in [6, 6.07) is 14.5. The van der Waals surface area contributed by atoms with Crippen molar-refractivity contribution >= 4 is 21.4 Å². The number of nitrogens with one attached hydrogen (secondary N) is 1. The molecule has 0 saturated carbocycles. The molecule has 0 radical (unpaired) electrons. The van der Waals surface area contributed by atoms with E-state index in [-0.39, 0.29) is 11.1 Å². The number of rotatable bonds is 12. The number of hydrogen-bond acceptors (Lipinski definition) is 13. The third-order valence-electron chi connectivity index (χ3n) is 5.92. The monoisotopic (exact) mass is 624 g/mol. The minimum atomic E-state index is -5.52. The van der Waals surface area contributed by atoms with Crippen LogP contribution in [0, 0.1) is 0 Å². The highest BCUT2D eigenvalue weighted by Gasteiger charge is 2.48. The summed E-state index contributed by atoms with van der Waals surface area (Å²) in [5.74, 6) is -0.405. The first-order valence-electron chi connectivity index (χ1n) is 12.5. The zero-order chi connectivity index (χ0) is 30.5. The van der Waals surface area contributed by atoms with Crippen molar-refractivity contribution in [3.05, 3.63) is 98.8 Å². The van der Waals surface area contributed by atoms with E-state index in [9.17, 15) is 38.4 Å². The van der Waals surface area contributed by atoms with Gasteiger partial charge in [-0.3, -0.25) is 23.2 Å². The van der Waals surface area contributed by atoms with E-state index in [0.717, 1.165) is 16.8 Å². The summed E-state index contributed by atoms with van der Waals surface area (Å²) in [4.78, 5) is 63.4. The average Bonchev–Trinajstić information content (AvgIpc) is 3.23. The van der Waals surface area contributed by atoms with Gasteiger partial charge < -0.3 is 38.2 Å². The molecule has 1 fully saturated rings. The Kier molecular flexibility index (Phi) is 9.97. The third-order valence-corrected chi connectivity index (χ3v) is 8.94. The predicted molar refractivity (Wildman–Crippen MR) is 140 cm³/mol. The number of esters is 1. The zero-order valence-corrected chi connectivity index (χ0v) is 23.8. The van der Waals surface area contributed by atoms with E-state index in [0.29, 0.717) is 12.4 Å². The minimum Gasteiger partial charge on any atom is -0.778 e. The number of nitrogens with zero attached hydrogens (tertiary/aromatic N) is 1. The number of carbonyl (C=O) groups excluding carboxylic acids is 1. The number of aliphatic hydroxyl groups is 1.